The van der Waals surface area contributed by atoms with Crippen LogP contribution in [0.1, 0.15) is 32.3 Å². The monoisotopic (exact) mass is 266 g/mol. The van der Waals surface area contributed by atoms with Crippen LogP contribution in [-0.4, -0.2) is 23.2 Å². The van der Waals surface area contributed by atoms with Crippen LogP contribution in [0.25, 0.3) is 0 Å². The summed E-state index contributed by atoms with van der Waals surface area (Å²) in [5, 5.41) is 0.176. The normalized spacial score (nSPS) is 10.3. The number of amides is 1. The minimum Gasteiger partial charge on any atom is -0.399 e. The molecule has 0 fully saturated rings. The molecule has 2 N–H and O–H groups in total. The van der Waals surface area contributed by atoms with Gasteiger partial charge >= 0.3 is 0 Å². The first kappa shape index (κ1) is 14.9. The van der Waals surface area contributed by atoms with Gasteiger partial charge in [-0.05, 0) is 30.5 Å². The Kier molecular flexibility index (Phi) is 6.65. The van der Waals surface area contributed by atoms with Gasteiger partial charge in [0.15, 0.2) is 0 Å². The zero-order chi connectivity index (χ0) is 13.4. The number of nitrogens with two attached hydrogens (primary N) is 1. The molecule has 0 heterocycles. The second-order valence-electron chi connectivity index (χ2n) is 4.28. The van der Waals surface area contributed by atoms with E-state index in [4.69, 9.17) is 5.73 Å². The lowest BCUT2D eigenvalue weighted by atomic mass is 10.2. The second-order valence-corrected chi connectivity index (χ2v) is 5.21. The van der Waals surface area contributed by atoms with E-state index in [1.165, 1.54) is 11.8 Å². The third-order valence-electron chi connectivity index (χ3n) is 2.59. The first-order valence-electron chi connectivity index (χ1n) is 6.43. The summed E-state index contributed by atoms with van der Waals surface area (Å²) in [5.41, 5.74) is 7.52. The molecule has 1 aromatic carbocycles. The lowest BCUT2D eigenvalue weighted by Crippen LogP contribution is -2.29. The van der Waals surface area contributed by atoms with E-state index in [0.29, 0.717) is 5.75 Å². The van der Waals surface area contributed by atoms with Gasteiger partial charge in [-0.15, -0.1) is 0 Å². The standard InChI is InChI=1S/C14H22N2OS/c1-3-9-16(10-4-2)14(17)18-11-12-5-7-13(15)8-6-12/h5-8H,3-4,9-11,15H2,1-2H3. The highest BCUT2D eigenvalue weighted by atomic mass is 32.2. The van der Waals surface area contributed by atoms with Gasteiger partial charge in [-0.2, -0.15) is 0 Å². The number of thioether (sulfide) groups is 1. The molecule has 0 aliphatic rings. The number of hydrogen-bond donors (Lipinski definition) is 1. The van der Waals surface area contributed by atoms with Crippen LogP contribution in [-0.2, 0) is 5.75 Å². The SMILES string of the molecule is CCCN(CCC)C(=O)SCc1ccc(N)cc1. The molecule has 0 radical (unpaired) electrons. The maximum absolute atomic E-state index is 12.0. The van der Waals surface area contributed by atoms with E-state index >= 15 is 0 Å². The Hall–Kier alpha value is -1.16. The fraction of sp³-hybridized carbons (Fsp3) is 0.500. The fourth-order valence-corrected chi connectivity index (χ4v) is 2.53. The van der Waals surface area contributed by atoms with Gasteiger partial charge in [-0.25, -0.2) is 0 Å². The largest absolute Gasteiger partial charge is 0.399 e. The predicted molar refractivity (Wildman–Crippen MR) is 79.7 cm³/mol. The summed E-state index contributed by atoms with van der Waals surface area (Å²) in [6.07, 6.45) is 2.02. The number of benzene rings is 1. The smallest absolute Gasteiger partial charge is 0.281 e. The van der Waals surface area contributed by atoms with Crippen molar-refractivity contribution in [1.82, 2.24) is 4.90 Å². The molecule has 18 heavy (non-hydrogen) atoms. The maximum Gasteiger partial charge on any atom is 0.281 e. The van der Waals surface area contributed by atoms with E-state index in [9.17, 15) is 4.79 Å². The number of rotatable bonds is 6. The van der Waals surface area contributed by atoms with Gasteiger partial charge in [0.1, 0.15) is 0 Å². The van der Waals surface area contributed by atoms with Crippen molar-refractivity contribution in [3.8, 4) is 0 Å². The quantitative estimate of drug-likeness (QED) is 0.798. The second kappa shape index (κ2) is 8.03. The summed E-state index contributed by atoms with van der Waals surface area (Å²) in [4.78, 5) is 14.0. The molecular formula is C14H22N2OS. The molecule has 0 bridgehead atoms. The lowest BCUT2D eigenvalue weighted by Gasteiger charge is -2.20. The van der Waals surface area contributed by atoms with E-state index in [2.05, 4.69) is 13.8 Å². The van der Waals surface area contributed by atoms with Gasteiger partial charge in [0.05, 0.1) is 0 Å². The van der Waals surface area contributed by atoms with Crippen molar-refractivity contribution in [3.63, 3.8) is 0 Å². The van der Waals surface area contributed by atoms with Crippen LogP contribution in [0, 0.1) is 0 Å². The molecule has 1 aromatic rings. The first-order valence-corrected chi connectivity index (χ1v) is 7.42. The minimum atomic E-state index is 0.176. The zero-order valence-corrected chi connectivity index (χ0v) is 12.0. The number of anilines is 1. The van der Waals surface area contributed by atoms with E-state index < -0.39 is 0 Å². The Bertz CT molecular complexity index is 359. The highest BCUT2D eigenvalue weighted by Crippen LogP contribution is 2.17. The molecule has 100 valence electrons. The van der Waals surface area contributed by atoms with E-state index in [1.807, 2.05) is 29.2 Å². The average molecular weight is 266 g/mol. The topological polar surface area (TPSA) is 46.3 Å². The van der Waals surface area contributed by atoms with Crippen LogP contribution in [0.5, 0.6) is 0 Å². The summed E-state index contributed by atoms with van der Waals surface area (Å²) in [5.74, 6) is 0.711. The molecule has 4 heteroatoms. The van der Waals surface area contributed by atoms with E-state index in [0.717, 1.165) is 37.2 Å². The minimum absolute atomic E-state index is 0.176. The molecule has 0 unspecified atom stereocenters. The number of hydrogen-bond acceptors (Lipinski definition) is 3. The molecule has 0 atom stereocenters. The van der Waals surface area contributed by atoms with Gasteiger partial charge in [0.2, 0.25) is 0 Å². The van der Waals surface area contributed by atoms with E-state index in [1.54, 1.807) is 0 Å². The highest BCUT2D eigenvalue weighted by molar-refractivity contribution is 8.12. The summed E-state index contributed by atoms with van der Waals surface area (Å²) in [6, 6.07) is 7.69. The Morgan fingerprint density at radius 3 is 2.22 bits per heavy atom. The third-order valence-corrected chi connectivity index (χ3v) is 3.57. The average Bonchev–Trinajstić information content (AvgIpc) is 2.37. The van der Waals surface area contributed by atoms with Crippen molar-refractivity contribution in [2.45, 2.75) is 32.4 Å². The Labute approximate surface area is 114 Å². The van der Waals surface area contributed by atoms with Crippen molar-refractivity contribution in [2.75, 3.05) is 18.8 Å². The van der Waals surface area contributed by atoms with Crippen molar-refractivity contribution < 1.29 is 4.79 Å². The van der Waals surface area contributed by atoms with Crippen molar-refractivity contribution in [3.05, 3.63) is 29.8 Å². The summed E-state index contributed by atoms with van der Waals surface area (Å²) < 4.78 is 0. The highest BCUT2D eigenvalue weighted by Gasteiger charge is 2.12. The van der Waals surface area contributed by atoms with Crippen LogP contribution in [0.2, 0.25) is 0 Å². The molecular weight excluding hydrogens is 244 g/mol. The molecule has 0 aromatic heterocycles. The van der Waals surface area contributed by atoms with Gasteiger partial charge in [-0.1, -0.05) is 37.7 Å². The molecule has 0 saturated carbocycles. The first-order chi connectivity index (χ1) is 8.67. The Morgan fingerprint density at radius 2 is 1.72 bits per heavy atom. The molecule has 0 aliphatic heterocycles. The molecule has 0 saturated heterocycles. The van der Waals surface area contributed by atoms with Crippen LogP contribution in [0.3, 0.4) is 0 Å². The predicted octanol–water partition coefficient (Wildman–Crippen LogP) is 3.74. The van der Waals surface area contributed by atoms with Crippen molar-refractivity contribution >= 4 is 22.7 Å². The number of nitrogens with zero attached hydrogens (tertiary/aromatic N) is 1. The summed E-state index contributed by atoms with van der Waals surface area (Å²) in [6.45, 7) is 5.89. The van der Waals surface area contributed by atoms with Gasteiger partial charge < -0.3 is 10.6 Å². The summed E-state index contributed by atoms with van der Waals surface area (Å²) in [7, 11) is 0. The molecule has 0 spiro atoms. The Balaban J connectivity index is 2.45. The summed E-state index contributed by atoms with van der Waals surface area (Å²) >= 11 is 1.37. The molecule has 1 amide bonds. The maximum atomic E-state index is 12.0. The van der Waals surface area contributed by atoms with Crippen LogP contribution < -0.4 is 5.73 Å². The number of carbonyl (C=O) groups excluding carboxylic acids is 1. The van der Waals surface area contributed by atoms with Crippen LogP contribution >= 0.6 is 11.8 Å². The van der Waals surface area contributed by atoms with Crippen LogP contribution in [0.15, 0.2) is 24.3 Å². The molecule has 3 nitrogen and oxygen atoms in total. The van der Waals surface area contributed by atoms with Gasteiger partial charge in [0, 0.05) is 24.5 Å². The van der Waals surface area contributed by atoms with Crippen molar-refractivity contribution in [2.24, 2.45) is 0 Å². The zero-order valence-electron chi connectivity index (χ0n) is 11.2. The molecule has 1 rings (SSSR count). The lowest BCUT2D eigenvalue weighted by molar-refractivity contribution is 0.223. The van der Waals surface area contributed by atoms with Gasteiger partial charge in [0.25, 0.3) is 5.24 Å². The molecule has 0 aliphatic carbocycles. The third kappa shape index (κ3) is 5.00. The van der Waals surface area contributed by atoms with Gasteiger partial charge in [-0.3, -0.25) is 4.79 Å². The van der Waals surface area contributed by atoms with Crippen LogP contribution in [0.4, 0.5) is 10.5 Å². The number of carbonyl (C=O) groups is 1. The fourth-order valence-electron chi connectivity index (χ4n) is 1.68. The van der Waals surface area contributed by atoms with E-state index in [-0.39, 0.29) is 5.24 Å². The van der Waals surface area contributed by atoms with Crippen molar-refractivity contribution in [1.29, 1.82) is 0 Å². The Morgan fingerprint density at radius 1 is 1.17 bits per heavy atom. The number of nitrogen functional groups attached to an aromatic ring is 1.